The normalized spacial score (nSPS) is 44.6. The molecule has 3 nitrogen and oxygen atoms in total. The molecular weight excluding hydrogens is 314 g/mol. The molecule has 0 aromatic heterocycles. The molecule has 4 rings (SSSR count). The van der Waals surface area contributed by atoms with Crippen LogP contribution in [0.25, 0.3) is 0 Å². The SMILES string of the molecule is C=CC(=O)OC1C2CC3C(S2)C1N(C1CCCCC1)/S3=C\C. The van der Waals surface area contributed by atoms with Gasteiger partial charge in [-0.1, -0.05) is 25.8 Å². The Kier molecular flexibility index (Phi) is 4.16. The molecule has 3 saturated heterocycles. The van der Waals surface area contributed by atoms with E-state index in [9.17, 15) is 4.79 Å². The van der Waals surface area contributed by atoms with Crippen molar-refractivity contribution in [3.05, 3.63) is 12.7 Å². The van der Waals surface area contributed by atoms with Gasteiger partial charge in [0.1, 0.15) is 6.10 Å². The summed E-state index contributed by atoms with van der Waals surface area (Å²) in [7, 11) is 0.269. The van der Waals surface area contributed by atoms with Crippen molar-refractivity contribution < 1.29 is 9.53 Å². The van der Waals surface area contributed by atoms with Crippen LogP contribution in [-0.2, 0) is 9.53 Å². The second-order valence-corrected chi connectivity index (χ2v) is 10.4. The highest BCUT2D eigenvalue weighted by Crippen LogP contribution is 2.63. The van der Waals surface area contributed by atoms with Crippen molar-refractivity contribution >= 4 is 33.8 Å². The molecule has 0 radical (unpaired) electrons. The quantitative estimate of drug-likeness (QED) is 0.448. The smallest absolute Gasteiger partial charge is 0.330 e. The summed E-state index contributed by atoms with van der Waals surface area (Å²) in [6.45, 7) is 5.80. The predicted octanol–water partition coefficient (Wildman–Crippen LogP) is 3.36. The molecule has 3 aliphatic heterocycles. The third kappa shape index (κ3) is 2.23. The van der Waals surface area contributed by atoms with Crippen LogP contribution in [0.4, 0.5) is 0 Å². The number of carbonyl (C=O) groups excluding carboxylic acids is 1. The van der Waals surface area contributed by atoms with Crippen molar-refractivity contribution in [2.24, 2.45) is 0 Å². The van der Waals surface area contributed by atoms with Gasteiger partial charge in [0.25, 0.3) is 0 Å². The van der Waals surface area contributed by atoms with Gasteiger partial charge < -0.3 is 4.74 Å². The van der Waals surface area contributed by atoms with E-state index in [0.717, 1.165) is 5.25 Å². The van der Waals surface area contributed by atoms with Gasteiger partial charge in [0.2, 0.25) is 0 Å². The Morgan fingerprint density at radius 2 is 2.14 bits per heavy atom. The Labute approximate surface area is 139 Å². The first-order valence-electron chi connectivity index (χ1n) is 8.53. The lowest BCUT2D eigenvalue weighted by Crippen LogP contribution is -2.49. The Balaban J connectivity index is 1.64. The van der Waals surface area contributed by atoms with Crippen LogP contribution in [0, 0.1) is 0 Å². The van der Waals surface area contributed by atoms with E-state index in [1.165, 1.54) is 44.6 Å². The fourth-order valence-electron chi connectivity index (χ4n) is 4.82. The van der Waals surface area contributed by atoms with Crippen molar-refractivity contribution in [3.63, 3.8) is 0 Å². The number of hydrogen-bond acceptors (Lipinski definition) is 4. The lowest BCUT2D eigenvalue weighted by Gasteiger charge is -2.38. The van der Waals surface area contributed by atoms with Crippen LogP contribution in [0.5, 0.6) is 0 Å². The molecule has 4 aliphatic rings. The Hall–Kier alpha value is -0.260. The minimum Gasteiger partial charge on any atom is -0.456 e. The van der Waals surface area contributed by atoms with Gasteiger partial charge in [-0.15, -0.1) is 22.4 Å². The summed E-state index contributed by atoms with van der Waals surface area (Å²) < 4.78 is 8.60. The third-order valence-corrected chi connectivity index (χ3v) is 10.2. The largest absolute Gasteiger partial charge is 0.456 e. The highest BCUT2D eigenvalue weighted by atomic mass is 32.2. The standard InChI is InChI=1S/C17H25NO2S2/c1-3-14(19)20-16-12-10-13-17(21-12)15(16)18(22(13)4-2)11-8-6-5-7-9-11/h3-4,11-13,15-17H,1,5-10H2,2H3. The number of carbonyl (C=O) groups is 1. The highest BCUT2D eigenvalue weighted by molar-refractivity contribution is 8.15. The summed E-state index contributed by atoms with van der Waals surface area (Å²) in [5.74, 6) is -0.245. The first-order valence-corrected chi connectivity index (χ1v) is 10.8. The summed E-state index contributed by atoms with van der Waals surface area (Å²) in [5.41, 5.74) is 0. The summed E-state index contributed by atoms with van der Waals surface area (Å²) in [4.78, 5) is 11.8. The van der Waals surface area contributed by atoms with Crippen molar-refractivity contribution in [1.29, 1.82) is 0 Å². The van der Waals surface area contributed by atoms with Crippen molar-refractivity contribution in [1.82, 2.24) is 4.31 Å². The Morgan fingerprint density at radius 1 is 1.36 bits per heavy atom. The van der Waals surface area contributed by atoms with Crippen LogP contribution in [0.15, 0.2) is 12.7 Å². The number of rotatable bonds is 3. The molecule has 3 heterocycles. The molecule has 0 amide bonds. The second-order valence-electron chi connectivity index (χ2n) is 6.74. The fraction of sp³-hybridized carbons (Fsp3) is 0.765. The highest BCUT2D eigenvalue weighted by Gasteiger charge is 2.64. The van der Waals surface area contributed by atoms with Crippen LogP contribution in [0.1, 0.15) is 45.4 Å². The number of ether oxygens (including phenoxy) is 1. The molecule has 2 bridgehead atoms. The lowest BCUT2D eigenvalue weighted by molar-refractivity contribution is -0.145. The molecule has 0 aromatic carbocycles. The summed E-state index contributed by atoms with van der Waals surface area (Å²) in [5, 5.41) is 4.42. The molecule has 0 aromatic rings. The minimum absolute atomic E-state index is 0.0797. The first kappa shape index (κ1) is 15.3. The summed E-state index contributed by atoms with van der Waals surface area (Å²) in [6, 6.07) is 1.15. The Morgan fingerprint density at radius 3 is 2.82 bits per heavy atom. The molecular formula is C17H25NO2S2. The van der Waals surface area contributed by atoms with Gasteiger partial charge in [-0.3, -0.25) is 0 Å². The molecule has 1 saturated carbocycles. The molecule has 122 valence electrons. The zero-order valence-corrected chi connectivity index (χ0v) is 14.8. The maximum Gasteiger partial charge on any atom is 0.330 e. The zero-order chi connectivity index (χ0) is 15.3. The third-order valence-electron chi connectivity index (χ3n) is 5.65. The van der Waals surface area contributed by atoms with Gasteiger partial charge in [-0.25, -0.2) is 9.10 Å². The van der Waals surface area contributed by atoms with Gasteiger partial charge in [-0.2, -0.15) is 0 Å². The van der Waals surface area contributed by atoms with E-state index < -0.39 is 0 Å². The number of esters is 1. The second kappa shape index (κ2) is 5.99. The maximum absolute atomic E-state index is 11.8. The van der Waals surface area contributed by atoms with Gasteiger partial charge in [-0.05, 0) is 31.6 Å². The van der Waals surface area contributed by atoms with Crippen LogP contribution < -0.4 is 0 Å². The molecule has 6 unspecified atom stereocenters. The van der Waals surface area contributed by atoms with Crippen LogP contribution in [-0.4, -0.2) is 49.6 Å². The zero-order valence-electron chi connectivity index (χ0n) is 13.1. The number of fused-ring (bicyclic) bond motifs is 1. The lowest BCUT2D eigenvalue weighted by atomic mass is 9.89. The Bertz CT molecular complexity index is 515. The summed E-state index contributed by atoms with van der Waals surface area (Å²) >= 11 is 2.09. The van der Waals surface area contributed by atoms with E-state index >= 15 is 0 Å². The van der Waals surface area contributed by atoms with Gasteiger partial charge >= 0.3 is 5.97 Å². The number of hydrogen-bond donors (Lipinski definition) is 0. The van der Waals surface area contributed by atoms with Gasteiger partial charge in [0.15, 0.2) is 0 Å². The van der Waals surface area contributed by atoms with Gasteiger partial charge in [0, 0.05) is 27.9 Å². The van der Waals surface area contributed by atoms with Crippen LogP contribution >= 0.6 is 22.4 Å². The fourth-order valence-corrected chi connectivity index (χ4v) is 10.2. The molecule has 1 aliphatic carbocycles. The van der Waals surface area contributed by atoms with Gasteiger partial charge in [0.05, 0.1) is 6.04 Å². The van der Waals surface area contributed by atoms with E-state index in [1.54, 1.807) is 0 Å². The number of thioether (sulfide) groups is 1. The molecule has 4 fully saturated rings. The van der Waals surface area contributed by atoms with Crippen LogP contribution in [0.2, 0.25) is 0 Å². The predicted molar refractivity (Wildman–Crippen MR) is 95.5 cm³/mol. The van der Waals surface area contributed by atoms with E-state index in [4.69, 9.17) is 4.74 Å². The van der Waals surface area contributed by atoms with Crippen molar-refractivity contribution in [2.75, 3.05) is 0 Å². The monoisotopic (exact) mass is 339 g/mol. The van der Waals surface area contributed by atoms with Crippen LogP contribution in [0.3, 0.4) is 0 Å². The first-order chi connectivity index (χ1) is 10.7. The van der Waals surface area contributed by atoms with E-state index in [2.05, 4.69) is 34.9 Å². The summed E-state index contributed by atoms with van der Waals surface area (Å²) in [6.07, 6.45) is 9.37. The molecule has 22 heavy (non-hydrogen) atoms. The molecule has 0 spiro atoms. The molecule has 5 heteroatoms. The minimum atomic E-state index is -0.245. The average Bonchev–Trinajstić information content (AvgIpc) is 3.16. The van der Waals surface area contributed by atoms with E-state index in [0.29, 0.717) is 22.6 Å². The van der Waals surface area contributed by atoms with Crippen molar-refractivity contribution in [2.45, 2.75) is 79.4 Å². The number of nitrogens with zero attached hydrogens (tertiary/aromatic N) is 1. The molecule has 6 atom stereocenters. The van der Waals surface area contributed by atoms with E-state index in [-0.39, 0.29) is 22.7 Å². The maximum atomic E-state index is 11.8. The molecule has 0 N–H and O–H groups in total. The topological polar surface area (TPSA) is 29.5 Å². The van der Waals surface area contributed by atoms with E-state index in [1.807, 2.05) is 0 Å². The average molecular weight is 340 g/mol. The van der Waals surface area contributed by atoms with Crippen molar-refractivity contribution in [3.8, 4) is 0 Å².